The Morgan fingerprint density at radius 3 is 2.80 bits per heavy atom. The van der Waals surface area contributed by atoms with E-state index in [4.69, 9.17) is 5.26 Å². The predicted octanol–water partition coefficient (Wildman–Crippen LogP) is 2.82. The van der Waals surface area contributed by atoms with Crippen LogP contribution in [0.4, 0.5) is 0 Å². The maximum absolute atomic E-state index is 8.25. The molecular formula is C8H15NS. The van der Waals surface area contributed by atoms with E-state index < -0.39 is 0 Å². The molecular weight excluding hydrogens is 142 g/mol. The van der Waals surface area contributed by atoms with Gasteiger partial charge in [0.05, 0.1) is 6.07 Å². The summed E-state index contributed by atoms with van der Waals surface area (Å²) in [6, 6.07) is 2.14. The van der Waals surface area contributed by atoms with Gasteiger partial charge >= 0.3 is 0 Å². The second-order valence-corrected chi connectivity index (χ2v) is 3.92. The van der Waals surface area contributed by atoms with E-state index in [0.29, 0.717) is 6.42 Å². The molecule has 0 rings (SSSR count). The van der Waals surface area contributed by atoms with Crippen LogP contribution >= 0.6 is 11.8 Å². The van der Waals surface area contributed by atoms with Crippen molar-refractivity contribution in [2.45, 2.75) is 38.4 Å². The molecule has 0 bridgehead atoms. The van der Waals surface area contributed by atoms with E-state index in [1.807, 2.05) is 11.8 Å². The first-order chi connectivity index (χ1) is 4.81. The van der Waals surface area contributed by atoms with Crippen LogP contribution in [-0.4, -0.2) is 11.0 Å². The van der Waals surface area contributed by atoms with Gasteiger partial charge in [0.1, 0.15) is 0 Å². The molecule has 0 aliphatic carbocycles. The van der Waals surface area contributed by atoms with Crippen LogP contribution in [0.15, 0.2) is 0 Å². The summed E-state index contributed by atoms with van der Waals surface area (Å²) >= 11 is 1.90. The summed E-state index contributed by atoms with van der Waals surface area (Å²) in [6.07, 6.45) is 3.22. The average Bonchev–Trinajstić information content (AvgIpc) is 1.89. The van der Waals surface area contributed by atoms with Gasteiger partial charge in [-0.1, -0.05) is 20.3 Å². The molecule has 1 atom stereocenters. The normalized spacial score (nSPS) is 12.5. The maximum Gasteiger partial charge on any atom is 0.0630 e. The van der Waals surface area contributed by atoms with E-state index in [2.05, 4.69) is 19.9 Å². The summed E-state index contributed by atoms with van der Waals surface area (Å²) in [5.41, 5.74) is 0. The molecule has 0 heterocycles. The van der Waals surface area contributed by atoms with Gasteiger partial charge in [0.25, 0.3) is 0 Å². The molecule has 1 unspecified atom stereocenters. The molecule has 0 N–H and O–H groups in total. The summed E-state index contributed by atoms with van der Waals surface area (Å²) in [5.74, 6) is 0.998. The third kappa shape index (κ3) is 5.97. The molecule has 0 aliphatic rings. The predicted molar refractivity (Wildman–Crippen MR) is 47.1 cm³/mol. The molecule has 0 saturated carbocycles. The maximum atomic E-state index is 8.25. The van der Waals surface area contributed by atoms with E-state index in [9.17, 15) is 0 Å². The molecule has 0 spiro atoms. The number of nitrogens with zero attached hydrogens (tertiary/aromatic N) is 1. The van der Waals surface area contributed by atoms with Gasteiger partial charge in [0.15, 0.2) is 0 Å². The third-order valence-electron chi connectivity index (χ3n) is 1.31. The monoisotopic (exact) mass is 157 g/mol. The quantitative estimate of drug-likeness (QED) is 0.573. The van der Waals surface area contributed by atoms with Crippen molar-refractivity contribution in [1.29, 1.82) is 5.26 Å². The first-order valence-corrected chi connectivity index (χ1v) is 4.84. The van der Waals surface area contributed by atoms with Gasteiger partial charge in [-0.15, -0.1) is 0 Å². The number of thioether (sulfide) groups is 1. The van der Waals surface area contributed by atoms with Crippen LogP contribution in [-0.2, 0) is 0 Å². The Morgan fingerprint density at radius 1 is 1.60 bits per heavy atom. The van der Waals surface area contributed by atoms with Crippen LogP contribution in [0.5, 0.6) is 0 Å². The van der Waals surface area contributed by atoms with Gasteiger partial charge in [0, 0.05) is 17.4 Å². The van der Waals surface area contributed by atoms with Crippen molar-refractivity contribution in [1.82, 2.24) is 0 Å². The second-order valence-electron chi connectivity index (χ2n) is 2.38. The highest BCUT2D eigenvalue weighted by Gasteiger charge is 1.98. The fourth-order valence-corrected chi connectivity index (χ4v) is 1.81. The first-order valence-electron chi connectivity index (χ1n) is 3.79. The van der Waals surface area contributed by atoms with Crippen molar-refractivity contribution < 1.29 is 0 Å². The molecule has 58 valence electrons. The summed E-state index contributed by atoms with van der Waals surface area (Å²) < 4.78 is 0. The summed E-state index contributed by atoms with van der Waals surface area (Å²) in [7, 11) is 0. The zero-order valence-electron chi connectivity index (χ0n) is 6.76. The second kappa shape index (κ2) is 6.95. The Morgan fingerprint density at radius 2 is 2.30 bits per heavy atom. The molecule has 0 aliphatic heterocycles. The molecule has 0 fully saturated rings. The molecule has 0 amide bonds. The zero-order valence-corrected chi connectivity index (χ0v) is 7.58. The number of rotatable bonds is 5. The largest absolute Gasteiger partial charge is 0.198 e. The lowest BCUT2D eigenvalue weighted by Gasteiger charge is -2.06. The van der Waals surface area contributed by atoms with E-state index in [1.54, 1.807) is 0 Å². The van der Waals surface area contributed by atoms with Gasteiger partial charge in [-0.05, 0) is 6.42 Å². The topological polar surface area (TPSA) is 23.8 Å². The van der Waals surface area contributed by atoms with E-state index in [0.717, 1.165) is 11.0 Å². The molecule has 0 saturated heterocycles. The average molecular weight is 157 g/mol. The lowest BCUT2D eigenvalue weighted by Crippen LogP contribution is -1.95. The van der Waals surface area contributed by atoms with E-state index >= 15 is 0 Å². The molecule has 1 nitrogen and oxygen atoms in total. The molecule has 0 aromatic carbocycles. The molecule has 0 aromatic heterocycles. The van der Waals surface area contributed by atoms with Gasteiger partial charge < -0.3 is 0 Å². The summed E-state index contributed by atoms with van der Waals surface area (Å²) in [5, 5.41) is 8.98. The summed E-state index contributed by atoms with van der Waals surface area (Å²) in [4.78, 5) is 0. The Kier molecular flexibility index (Phi) is 6.84. The van der Waals surface area contributed by atoms with Crippen molar-refractivity contribution in [3.8, 4) is 6.07 Å². The Bertz CT molecular complexity index is 106. The minimum Gasteiger partial charge on any atom is -0.198 e. The van der Waals surface area contributed by atoms with Gasteiger partial charge in [-0.25, -0.2) is 0 Å². The highest BCUT2D eigenvalue weighted by molar-refractivity contribution is 7.99. The van der Waals surface area contributed by atoms with Crippen LogP contribution < -0.4 is 0 Å². The van der Waals surface area contributed by atoms with Crippen LogP contribution in [0, 0.1) is 11.3 Å². The van der Waals surface area contributed by atoms with Crippen molar-refractivity contribution >= 4 is 11.8 Å². The fourth-order valence-electron chi connectivity index (χ4n) is 0.796. The lowest BCUT2D eigenvalue weighted by molar-refractivity contribution is 0.787. The first kappa shape index (κ1) is 9.84. The minimum atomic E-state index is 0.693. The molecule has 0 radical (unpaired) electrons. The number of hydrogen-bond donors (Lipinski definition) is 0. The Labute approximate surface area is 67.8 Å². The molecule has 10 heavy (non-hydrogen) atoms. The van der Waals surface area contributed by atoms with Crippen molar-refractivity contribution in [2.24, 2.45) is 0 Å². The Balaban J connectivity index is 3.06. The fraction of sp³-hybridized carbons (Fsp3) is 0.875. The lowest BCUT2D eigenvalue weighted by atomic mass is 10.3. The van der Waals surface area contributed by atoms with Crippen LogP contribution in [0.25, 0.3) is 0 Å². The van der Waals surface area contributed by atoms with Crippen LogP contribution in [0.1, 0.15) is 33.1 Å². The van der Waals surface area contributed by atoms with Crippen molar-refractivity contribution in [3.63, 3.8) is 0 Å². The highest BCUT2D eigenvalue weighted by atomic mass is 32.2. The zero-order chi connectivity index (χ0) is 7.82. The highest BCUT2D eigenvalue weighted by Crippen LogP contribution is 2.15. The van der Waals surface area contributed by atoms with Gasteiger partial charge in [-0.3, -0.25) is 0 Å². The third-order valence-corrected chi connectivity index (χ3v) is 2.56. The van der Waals surface area contributed by atoms with Gasteiger partial charge in [0.2, 0.25) is 0 Å². The van der Waals surface area contributed by atoms with Crippen molar-refractivity contribution in [3.05, 3.63) is 0 Å². The Hall–Kier alpha value is -0.160. The standard InChI is InChI=1S/C8H15NS/c1-3-5-8(2)10-7-4-6-9/h8H,3-5,7H2,1-2H3. The summed E-state index contributed by atoms with van der Waals surface area (Å²) in [6.45, 7) is 4.42. The van der Waals surface area contributed by atoms with Crippen LogP contribution in [0.3, 0.4) is 0 Å². The minimum absolute atomic E-state index is 0.693. The molecule has 0 aromatic rings. The van der Waals surface area contributed by atoms with Gasteiger partial charge in [-0.2, -0.15) is 17.0 Å². The smallest absolute Gasteiger partial charge is 0.0630 e. The number of hydrogen-bond acceptors (Lipinski definition) is 2. The van der Waals surface area contributed by atoms with E-state index in [1.165, 1.54) is 12.8 Å². The van der Waals surface area contributed by atoms with Crippen LogP contribution in [0.2, 0.25) is 0 Å². The van der Waals surface area contributed by atoms with Crippen molar-refractivity contribution in [2.75, 3.05) is 5.75 Å². The van der Waals surface area contributed by atoms with E-state index in [-0.39, 0.29) is 0 Å². The molecule has 2 heteroatoms. The SMILES string of the molecule is CCCC(C)SCCC#N. The number of nitriles is 1.